The first-order chi connectivity index (χ1) is 15.8. The summed E-state index contributed by atoms with van der Waals surface area (Å²) < 4.78 is 10.2. The monoisotopic (exact) mass is 517 g/mol. The van der Waals surface area contributed by atoms with Gasteiger partial charge in [0.15, 0.2) is 0 Å². The van der Waals surface area contributed by atoms with Gasteiger partial charge in [-0.25, -0.2) is 4.79 Å². The van der Waals surface area contributed by atoms with Crippen molar-refractivity contribution in [2.45, 2.75) is 6.92 Å². The SMILES string of the molecule is CCOC(=O)Oc1ccc(C(=O)NCCNC(=O)CN2C(=O)c3ccc(Br)cc3C2=O)cc1. The number of fused-ring (bicyclic) bond motifs is 1. The smallest absolute Gasteiger partial charge is 0.434 e. The predicted octanol–water partition coefficient (Wildman–Crippen LogP) is 2.13. The molecule has 3 rings (SSSR count). The van der Waals surface area contributed by atoms with Crippen molar-refractivity contribution in [2.75, 3.05) is 26.2 Å². The van der Waals surface area contributed by atoms with Crippen LogP contribution in [-0.2, 0) is 9.53 Å². The molecule has 0 bridgehead atoms. The minimum absolute atomic E-state index is 0.101. The van der Waals surface area contributed by atoms with Crippen molar-refractivity contribution in [2.24, 2.45) is 0 Å². The highest BCUT2D eigenvalue weighted by atomic mass is 79.9. The summed E-state index contributed by atoms with van der Waals surface area (Å²) in [4.78, 5) is 61.3. The zero-order valence-corrected chi connectivity index (χ0v) is 19.1. The minimum Gasteiger partial charge on any atom is -0.434 e. The highest BCUT2D eigenvalue weighted by Crippen LogP contribution is 2.25. The first-order valence-electron chi connectivity index (χ1n) is 9.95. The van der Waals surface area contributed by atoms with Crippen LogP contribution in [0, 0.1) is 0 Å². The fourth-order valence-electron chi connectivity index (χ4n) is 3.00. The summed E-state index contributed by atoms with van der Waals surface area (Å²) in [7, 11) is 0. The van der Waals surface area contributed by atoms with Crippen molar-refractivity contribution < 1.29 is 33.4 Å². The van der Waals surface area contributed by atoms with E-state index >= 15 is 0 Å². The Balaban J connectivity index is 1.41. The van der Waals surface area contributed by atoms with E-state index in [9.17, 15) is 24.0 Å². The molecular weight excluding hydrogens is 498 g/mol. The van der Waals surface area contributed by atoms with Gasteiger partial charge >= 0.3 is 6.16 Å². The maximum Gasteiger partial charge on any atom is 0.513 e. The number of halogens is 1. The van der Waals surface area contributed by atoms with Crippen molar-refractivity contribution in [1.29, 1.82) is 0 Å². The average Bonchev–Trinajstić information content (AvgIpc) is 3.01. The minimum atomic E-state index is -0.834. The molecule has 172 valence electrons. The Kier molecular flexibility index (Phi) is 7.78. The second-order valence-electron chi connectivity index (χ2n) is 6.80. The third-order valence-electron chi connectivity index (χ3n) is 4.55. The van der Waals surface area contributed by atoms with Gasteiger partial charge in [0.1, 0.15) is 12.3 Å². The van der Waals surface area contributed by atoms with Gasteiger partial charge < -0.3 is 20.1 Å². The van der Waals surface area contributed by atoms with E-state index in [1.807, 2.05) is 0 Å². The van der Waals surface area contributed by atoms with Gasteiger partial charge in [0, 0.05) is 23.1 Å². The molecule has 0 saturated carbocycles. The van der Waals surface area contributed by atoms with E-state index in [4.69, 9.17) is 4.74 Å². The Labute approximate surface area is 197 Å². The Hall–Kier alpha value is -3.73. The van der Waals surface area contributed by atoms with Crippen molar-refractivity contribution in [3.63, 3.8) is 0 Å². The molecule has 0 spiro atoms. The quantitative estimate of drug-likeness (QED) is 0.237. The Morgan fingerprint density at radius 1 is 0.939 bits per heavy atom. The summed E-state index contributed by atoms with van der Waals surface area (Å²) >= 11 is 3.25. The van der Waals surface area contributed by atoms with E-state index in [1.165, 1.54) is 30.3 Å². The van der Waals surface area contributed by atoms with Gasteiger partial charge in [-0.3, -0.25) is 24.1 Å². The number of hydrogen-bond donors (Lipinski definition) is 2. The van der Waals surface area contributed by atoms with Gasteiger partial charge in [-0.2, -0.15) is 0 Å². The molecule has 33 heavy (non-hydrogen) atoms. The molecule has 2 N–H and O–H groups in total. The van der Waals surface area contributed by atoms with Crippen LogP contribution < -0.4 is 15.4 Å². The van der Waals surface area contributed by atoms with Gasteiger partial charge in [-0.05, 0) is 49.4 Å². The Morgan fingerprint density at radius 2 is 1.61 bits per heavy atom. The number of benzene rings is 2. The molecule has 10 nitrogen and oxygen atoms in total. The van der Waals surface area contributed by atoms with Crippen LogP contribution in [0.2, 0.25) is 0 Å². The molecule has 0 radical (unpaired) electrons. The van der Waals surface area contributed by atoms with Crippen LogP contribution in [0.15, 0.2) is 46.9 Å². The number of ether oxygens (including phenoxy) is 2. The summed E-state index contributed by atoms with van der Waals surface area (Å²) in [5.41, 5.74) is 0.824. The van der Waals surface area contributed by atoms with E-state index in [0.717, 1.165) is 4.90 Å². The van der Waals surface area contributed by atoms with E-state index in [2.05, 4.69) is 31.3 Å². The highest BCUT2D eigenvalue weighted by Gasteiger charge is 2.36. The molecular formula is C22H20BrN3O7. The second-order valence-corrected chi connectivity index (χ2v) is 7.72. The number of nitrogens with one attached hydrogen (secondary N) is 2. The molecule has 2 aromatic rings. The number of nitrogens with zero attached hydrogens (tertiary/aromatic N) is 1. The first-order valence-corrected chi connectivity index (χ1v) is 10.7. The van der Waals surface area contributed by atoms with Crippen molar-refractivity contribution in [3.05, 3.63) is 63.6 Å². The van der Waals surface area contributed by atoms with E-state index in [1.54, 1.807) is 19.1 Å². The topological polar surface area (TPSA) is 131 Å². The van der Waals surface area contributed by atoms with Crippen LogP contribution >= 0.6 is 15.9 Å². The van der Waals surface area contributed by atoms with Crippen molar-refractivity contribution in [3.8, 4) is 5.75 Å². The fraction of sp³-hybridized carbons (Fsp3) is 0.227. The molecule has 11 heteroatoms. The van der Waals surface area contributed by atoms with Crippen LogP contribution in [0.25, 0.3) is 0 Å². The molecule has 0 fully saturated rings. The number of amides is 4. The largest absolute Gasteiger partial charge is 0.513 e. The number of rotatable bonds is 8. The zero-order valence-electron chi connectivity index (χ0n) is 17.6. The number of imide groups is 1. The normalized spacial score (nSPS) is 12.2. The predicted molar refractivity (Wildman–Crippen MR) is 119 cm³/mol. The molecule has 0 atom stereocenters. The Bertz CT molecular complexity index is 1100. The van der Waals surface area contributed by atoms with Gasteiger partial charge in [0.25, 0.3) is 17.7 Å². The first kappa shape index (κ1) is 23.9. The number of carbonyl (C=O) groups is 5. The second kappa shape index (κ2) is 10.7. The van der Waals surface area contributed by atoms with Gasteiger partial charge in [0.2, 0.25) is 5.91 Å². The van der Waals surface area contributed by atoms with E-state index < -0.39 is 36.3 Å². The average molecular weight is 518 g/mol. The lowest BCUT2D eigenvalue weighted by Crippen LogP contribution is -2.42. The lowest BCUT2D eigenvalue weighted by atomic mass is 10.1. The summed E-state index contributed by atoms with van der Waals surface area (Å²) in [5, 5.41) is 5.19. The lowest BCUT2D eigenvalue weighted by molar-refractivity contribution is -0.121. The number of carbonyl (C=O) groups excluding carboxylic acids is 5. The molecule has 1 heterocycles. The molecule has 0 aromatic heterocycles. The maximum absolute atomic E-state index is 12.4. The van der Waals surface area contributed by atoms with E-state index in [0.29, 0.717) is 10.0 Å². The molecule has 0 unspecified atom stereocenters. The van der Waals surface area contributed by atoms with Crippen LogP contribution in [-0.4, -0.2) is 60.9 Å². The summed E-state index contributed by atoms with van der Waals surface area (Å²) in [5.74, 6) is -1.75. The number of hydrogen-bond acceptors (Lipinski definition) is 7. The van der Waals surface area contributed by atoms with Crippen molar-refractivity contribution >= 4 is 45.7 Å². The molecule has 2 aromatic carbocycles. The van der Waals surface area contributed by atoms with Crippen LogP contribution in [0.3, 0.4) is 0 Å². The molecule has 1 aliphatic heterocycles. The summed E-state index contributed by atoms with van der Waals surface area (Å²) in [6.07, 6.45) is -0.834. The highest BCUT2D eigenvalue weighted by molar-refractivity contribution is 9.10. The molecule has 0 saturated heterocycles. The van der Waals surface area contributed by atoms with Gasteiger partial charge in [0.05, 0.1) is 17.7 Å². The Morgan fingerprint density at radius 3 is 2.30 bits per heavy atom. The fourth-order valence-corrected chi connectivity index (χ4v) is 3.37. The van der Waals surface area contributed by atoms with Crippen LogP contribution in [0.4, 0.5) is 4.79 Å². The standard InChI is InChI=1S/C22H20BrN3O7/c1-2-32-22(31)33-15-6-3-13(4-7-15)19(28)25-10-9-24-18(27)12-26-20(29)16-8-5-14(23)11-17(16)21(26)30/h3-8,11H,2,9-10,12H2,1H3,(H,24,27)(H,25,28). The maximum atomic E-state index is 12.4. The van der Waals surface area contributed by atoms with Gasteiger partial charge in [-0.15, -0.1) is 0 Å². The van der Waals surface area contributed by atoms with Crippen molar-refractivity contribution in [1.82, 2.24) is 15.5 Å². The third kappa shape index (κ3) is 5.95. The molecule has 1 aliphatic rings. The zero-order chi connectivity index (χ0) is 24.0. The van der Waals surface area contributed by atoms with Crippen LogP contribution in [0.1, 0.15) is 38.0 Å². The molecule has 0 aliphatic carbocycles. The molecule has 4 amide bonds. The van der Waals surface area contributed by atoms with E-state index in [-0.39, 0.29) is 36.6 Å². The summed E-state index contributed by atoms with van der Waals surface area (Å²) in [6.45, 7) is 1.65. The summed E-state index contributed by atoms with van der Waals surface area (Å²) in [6, 6.07) is 10.6. The third-order valence-corrected chi connectivity index (χ3v) is 5.04. The lowest BCUT2D eigenvalue weighted by Gasteiger charge is -2.13. The van der Waals surface area contributed by atoms with Gasteiger partial charge in [-0.1, -0.05) is 15.9 Å². The van der Waals surface area contributed by atoms with Crippen LogP contribution in [0.5, 0.6) is 5.75 Å².